The molecule has 3 aromatic rings. The molecule has 0 atom stereocenters. The number of primary amides is 1. The fourth-order valence-electron chi connectivity index (χ4n) is 2.53. The molecule has 0 saturated carbocycles. The molecule has 3 N–H and O–H groups in total. The first-order chi connectivity index (χ1) is 12.0. The van der Waals surface area contributed by atoms with Crippen molar-refractivity contribution in [2.75, 3.05) is 5.32 Å². The molecule has 2 aromatic carbocycles. The largest absolute Gasteiger partial charge is 0.366 e. The first-order valence-electron chi connectivity index (χ1n) is 7.43. The molecule has 1 aromatic heterocycles. The summed E-state index contributed by atoms with van der Waals surface area (Å²) in [7, 11) is 0. The standard InChI is InChI=1S/C18H14FN3O3/c19-14-3-1-2-13-15(23)8-9-22(17(13)14)10-16(24)21-12-6-4-11(5-7-12)18(20)25/h1-9H,10H2,(H2,20,25)(H,21,24). The SMILES string of the molecule is NC(=O)c1ccc(NC(=O)Cn2ccc(=O)c3cccc(F)c32)cc1. The quantitative estimate of drug-likeness (QED) is 0.760. The van der Waals surface area contributed by atoms with E-state index in [9.17, 15) is 18.8 Å². The Bertz CT molecular complexity index is 1030. The number of pyridine rings is 1. The Balaban J connectivity index is 1.84. The second kappa shape index (κ2) is 6.56. The zero-order valence-electron chi connectivity index (χ0n) is 13.0. The zero-order chi connectivity index (χ0) is 18.0. The molecule has 0 bridgehead atoms. The van der Waals surface area contributed by atoms with Crippen LogP contribution in [-0.4, -0.2) is 16.4 Å². The topological polar surface area (TPSA) is 94.2 Å². The predicted octanol–water partition coefficient (Wildman–Crippen LogP) is 1.88. The van der Waals surface area contributed by atoms with Crippen molar-refractivity contribution in [3.05, 3.63) is 76.3 Å². The monoisotopic (exact) mass is 339 g/mol. The molecule has 1 heterocycles. The van der Waals surface area contributed by atoms with Crippen LogP contribution in [0.4, 0.5) is 10.1 Å². The van der Waals surface area contributed by atoms with Gasteiger partial charge >= 0.3 is 0 Å². The number of hydrogen-bond acceptors (Lipinski definition) is 3. The number of para-hydroxylation sites is 1. The molecule has 7 heteroatoms. The van der Waals surface area contributed by atoms with E-state index in [1.807, 2.05) is 0 Å². The Morgan fingerprint density at radius 1 is 1.08 bits per heavy atom. The van der Waals surface area contributed by atoms with Gasteiger partial charge in [-0.25, -0.2) is 4.39 Å². The lowest BCUT2D eigenvalue weighted by atomic mass is 10.2. The minimum atomic E-state index is -0.575. The van der Waals surface area contributed by atoms with E-state index in [0.29, 0.717) is 11.3 Å². The summed E-state index contributed by atoms with van der Waals surface area (Å²) < 4.78 is 15.5. The van der Waals surface area contributed by atoms with Crippen molar-refractivity contribution >= 4 is 28.4 Å². The number of fused-ring (bicyclic) bond motifs is 1. The highest BCUT2D eigenvalue weighted by Crippen LogP contribution is 2.15. The van der Waals surface area contributed by atoms with E-state index in [4.69, 9.17) is 5.73 Å². The number of carbonyl (C=O) groups excluding carboxylic acids is 2. The average molecular weight is 339 g/mol. The van der Waals surface area contributed by atoms with E-state index in [0.717, 1.165) is 0 Å². The van der Waals surface area contributed by atoms with E-state index in [1.54, 1.807) is 12.1 Å². The fraction of sp³-hybridized carbons (Fsp3) is 0.0556. The van der Waals surface area contributed by atoms with Crippen molar-refractivity contribution in [3.63, 3.8) is 0 Å². The lowest BCUT2D eigenvalue weighted by molar-refractivity contribution is -0.116. The van der Waals surface area contributed by atoms with Crippen LogP contribution in [-0.2, 0) is 11.3 Å². The van der Waals surface area contributed by atoms with Crippen LogP contribution in [0.3, 0.4) is 0 Å². The van der Waals surface area contributed by atoms with Crippen LogP contribution in [0.2, 0.25) is 0 Å². The summed E-state index contributed by atoms with van der Waals surface area (Å²) in [6.07, 6.45) is 1.38. The summed E-state index contributed by atoms with van der Waals surface area (Å²) >= 11 is 0. The zero-order valence-corrected chi connectivity index (χ0v) is 13.0. The molecule has 0 aliphatic carbocycles. The first kappa shape index (κ1) is 16.4. The van der Waals surface area contributed by atoms with Gasteiger partial charge in [0.2, 0.25) is 11.8 Å². The maximum atomic E-state index is 14.1. The minimum absolute atomic E-state index is 0.0780. The number of nitrogens with zero attached hydrogens (tertiary/aromatic N) is 1. The van der Waals surface area contributed by atoms with Crippen LogP contribution in [0.5, 0.6) is 0 Å². The Hall–Kier alpha value is -3.48. The van der Waals surface area contributed by atoms with Gasteiger partial charge in [-0.1, -0.05) is 6.07 Å². The minimum Gasteiger partial charge on any atom is -0.366 e. The molecule has 0 aliphatic heterocycles. The molecule has 0 spiro atoms. The third-order valence-corrected chi connectivity index (χ3v) is 3.71. The molecule has 6 nitrogen and oxygen atoms in total. The third kappa shape index (κ3) is 3.40. The Morgan fingerprint density at radius 3 is 2.48 bits per heavy atom. The fourth-order valence-corrected chi connectivity index (χ4v) is 2.53. The summed E-state index contributed by atoms with van der Waals surface area (Å²) in [4.78, 5) is 35.1. The second-order valence-electron chi connectivity index (χ2n) is 5.43. The van der Waals surface area contributed by atoms with Gasteiger partial charge in [-0.2, -0.15) is 0 Å². The Kier molecular flexibility index (Phi) is 4.30. The summed E-state index contributed by atoms with van der Waals surface area (Å²) in [5, 5.41) is 2.85. The molecule has 0 fully saturated rings. The van der Waals surface area contributed by atoms with Gasteiger partial charge in [-0.05, 0) is 36.4 Å². The van der Waals surface area contributed by atoms with Gasteiger partial charge < -0.3 is 15.6 Å². The highest BCUT2D eigenvalue weighted by Gasteiger charge is 2.11. The normalized spacial score (nSPS) is 10.6. The maximum Gasteiger partial charge on any atom is 0.248 e. The number of nitrogens with one attached hydrogen (secondary N) is 1. The summed E-state index contributed by atoms with van der Waals surface area (Å²) in [6, 6.07) is 11.6. The second-order valence-corrected chi connectivity index (χ2v) is 5.43. The number of amides is 2. The number of rotatable bonds is 4. The van der Waals surface area contributed by atoms with Crippen LogP contribution in [0.1, 0.15) is 10.4 Å². The van der Waals surface area contributed by atoms with E-state index >= 15 is 0 Å². The molecule has 2 amide bonds. The summed E-state index contributed by atoms with van der Waals surface area (Å²) in [6.45, 7) is -0.171. The van der Waals surface area contributed by atoms with Crippen LogP contribution in [0, 0.1) is 5.82 Å². The van der Waals surface area contributed by atoms with Gasteiger partial charge in [-0.15, -0.1) is 0 Å². The number of anilines is 1. The smallest absolute Gasteiger partial charge is 0.248 e. The number of carbonyl (C=O) groups is 2. The number of hydrogen-bond donors (Lipinski definition) is 2. The van der Waals surface area contributed by atoms with E-state index < -0.39 is 17.6 Å². The van der Waals surface area contributed by atoms with Crippen molar-refractivity contribution < 1.29 is 14.0 Å². The lowest BCUT2D eigenvalue weighted by Gasteiger charge is -2.12. The number of benzene rings is 2. The van der Waals surface area contributed by atoms with Crippen molar-refractivity contribution in [2.24, 2.45) is 5.73 Å². The number of halogens is 1. The molecule has 3 rings (SSSR count). The highest BCUT2D eigenvalue weighted by molar-refractivity contribution is 5.95. The van der Waals surface area contributed by atoms with Crippen molar-refractivity contribution in [2.45, 2.75) is 6.54 Å². The Labute approximate surface area is 141 Å². The number of aromatic nitrogens is 1. The maximum absolute atomic E-state index is 14.1. The van der Waals surface area contributed by atoms with Crippen LogP contribution >= 0.6 is 0 Å². The van der Waals surface area contributed by atoms with Crippen LogP contribution < -0.4 is 16.5 Å². The third-order valence-electron chi connectivity index (χ3n) is 3.71. The lowest BCUT2D eigenvalue weighted by Crippen LogP contribution is -2.21. The van der Waals surface area contributed by atoms with Gasteiger partial charge in [0, 0.05) is 28.9 Å². The average Bonchev–Trinajstić information content (AvgIpc) is 2.58. The van der Waals surface area contributed by atoms with E-state index in [-0.39, 0.29) is 22.9 Å². The molecule has 0 unspecified atom stereocenters. The molecular formula is C18H14FN3O3. The van der Waals surface area contributed by atoms with Crippen LogP contribution in [0.15, 0.2) is 59.5 Å². The molecule has 0 aliphatic rings. The van der Waals surface area contributed by atoms with E-state index in [2.05, 4.69) is 5.32 Å². The number of nitrogens with two attached hydrogens (primary N) is 1. The highest BCUT2D eigenvalue weighted by atomic mass is 19.1. The Morgan fingerprint density at radius 2 is 1.80 bits per heavy atom. The van der Waals surface area contributed by atoms with Gasteiger partial charge in [0.05, 0.1) is 5.52 Å². The first-order valence-corrected chi connectivity index (χ1v) is 7.43. The van der Waals surface area contributed by atoms with Gasteiger partial charge in [0.1, 0.15) is 12.4 Å². The molecule has 25 heavy (non-hydrogen) atoms. The van der Waals surface area contributed by atoms with Crippen molar-refractivity contribution in [3.8, 4) is 0 Å². The summed E-state index contributed by atoms with van der Waals surface area (Å²) in [5.74, 6) is -1.54. The molecular weight excluding hydrogens is 325 g/mol. The molecule has 0 radical (unpaired) electrons. The van der Waals surface area contributed by atoms with Gasteiger partial charge in [0.25, 0.3) is 0 Å². The van der Waals surface area contributed by atoms with E-state index in [1.165, 1.54) is 47.2 Å². The predicted molar refractivity (Wildman–Crippen MR) is 91.8 cm³/mol. The summed E-state index contributed by atoms with van der Waals surface area (Å²) in [5.41, 5.74) is 5.72. The molecule has 0 saturated heterocycles. The van der Waals surface area contributed by atoms with Crippen molar-refractivity contribution in [1.82, 2.24) is 4.57 Å². The molecule has 126 valence electrons. The van der Waals surface area contributed by atoms with Gasteiger partial charge in [-0.3, -0.25) is 14.4 Å². The van der Waals surface area contributed by atoms with Crippen molar-refractivity contribution in [1.29, 1.82) is 0 Å². The van der Waals surface area contributed by atoms with Gasteiger partial charge in [0.15, 0.2) is 5.43 Å². The van der Waals surface area contributed by atoms with Crippen LogP contribution in [0.25, 0.3) is 10.9 Å².